The number of halogens is 1. The molecule has 0 spiro atoms. The van der Waals surface area contributed by atoms with Crippen molar-refractivity contribution in [2.24, 2.45) is 0 Å². The number of hydrogen-bond acceptors (Lipinski definition) is 1. The van der Waals surface area contributed by atoms with Crippen LogP contribution in [0.25, 0.3) is 6.08 Å². The summed E-state index contributed by atoms with van der Waals surface area (Å²) >= 11 is 0. The molecule has 23 heavy (non-hydrogen) atoms. The van der Waals surface area contributed by atoms with Crippen molar-refractivity contribution in [1.29, 1.82) is 0 Å². The topological polar surface area (TPSA) is 9.23 Å². The average molecular weight is 312 g/mol. The van der Waals surface area contributed by atoms with Crippen LogP contribution in [0.15, 0.2) is 54.6 Å². The highest BCUT2D eigenvalue weighted by atomic mass is 19.1. The van der Waals surface area contributed by atoms with Gasteiger partial charge in [0.25, 0.3) is 0 Å². The smallest absolute Gasteiger partial charge is 0.134 e. The minimum absolute atomic E-state index is 0.236. The van der Waals surface area contributed by atoms with Gasteiger partial charge in [-0.05, 0) is 30.5 Å². The van der Waals surface area contributed by atoms with Crippen molar-refractivity contribution in [2.75, 3.05) is 0 Å². The second kappa shape index (κ2) is 9.83. The first-order valence-electron chi connectivity index (χ1n) is 8.42. The molecule has 2 heteroatoms. The Kier molecular flexibility index (Phi) is 7.38. The Morgan fingerprint density at radius 1 is 1.00 bits per heavy atom. The van der Waals surface area contributed by atoms with E-state index < -0.39 is 0 Å². The van der Waals surface area contributed by atoms with Crippen molar-refractivity contribution in [1.82, 2.24) is 0 Å². The predicted molar refractivity (Wildman–Crippen MR) is 95.0 cm³/mol. The van der Waals surface area contributed by atoms with Gasteiger partial charge in [0.05, 0.1) is 0 Å². The minimum atomic E-state index is -0.236. The van der Waals surface area contributed by atoms with Gasteiger partial charge in [0, 0.05) is 11.6 Å². The molecule has 0 N–H and O–H groups in total. The zero-order valence-corrected chi connectivity index (χ0v) is 13.8. The largest absolute Gasteiger partial charge is 0.489 e. The highest BCUT2D eigenvalue weighted by molar-refractivity contribution is 5.51. The summed E-state index contributed by atoms with van der Waals surface area (Å²) in [4.78, 5) is 0. The third-order valence-electron chi connectivity index (χ3n) is 3.74. The third kappa shape index (κ3) is 6.27. The van der Waals surface area contributed by atoms with E-state index in [9.17, 15) is 4.39 Å². The Labute approximate surface area is 138 Å². The number of rotatable bonds is 9. The van der Waals surface area contributed by atoms with Gasteiger partial charge in [0.2, 0.25) is 0 Å². The second-order valence-electron chi connectivity index (χ2n) is 5.71. The Morgan fingerprint density at radius 2 is 1.83 bits per heavy atom. The van der Waals surface area contributed by atoms with Crippen molar-refractivity contribution in [3.05, 3.63) is 71.6 Å². The van der Waals surface area contributed by atoms with Crippen LogP contribution in [0.4, 0.5) is 4.39 Å². The van der Waals surface area contributed by atoms with E-state index in [1.165, 1.54) is 31.7 Å². The van der Waals surface area contributed by atoms with Crippen LogP contribution < -0.4 is 4.74 Å². The summed E-state index contributed by atoms with van der Waals surface area (Å²) in [7, 11) is 0. The Hall–Kier alpha value is -2.09. The molecule has 1 nitrogen and oxygen atoms in total. The van der Waals surface area contributed by atoms with E-state index in [4.69, 9.17) is 4.74 Å². The van der Waals surface area contributed by atoms with Crippen molar-refractivity contribution in [2.45, 2.75) is 45.6 Å². The van der Waals surface area contributed by atoms with Gasteiger partial charge < -0.3 is 4.74 Å². The monoisotopic (exact) mass is 312 g/mol. The van der Waals surface area contributed by atoms with Crippen LogP contribution in [0, 0.1) is 5.82 Å². The van der Waals surface area contributed by atoms with Crippen molar-refractivity contribution in [3.63, 3.8) is 0 Å². The number of hydrogen-bond donors (Lipinski definition) is 0. The zero-order chi connectivity index (χ0) is 16.3. The number of allylic oxidation sites excluding steroid dienone is 1. The molecule has 0 aromatic heterocycles. The van der Waals surface area contributed by atoms with Gasteiger partial charge in [0.1, 0.15) is 18.2 Å². The first kappa shape index (κ1) is 17.3. The third-order valence-corrected chi connectivity index (χ3v) is 3.74. The highest BCUT2D eigenvalue weighted by Gasteiger charge is 2.02. The van der Waals surface area contributed by atoms with Gasteiger partial charge in [-0.1, -0.05) is 68.7 Å². The summed E-state index contributed by atoms with van der Waals surface area (Å²) in [5, 5.41) is 0. The van der Waals surface area contributed by atoms with E-state index in [0.717, 1.165) is 12.0 Å². The lowest BCUT2D eigenvalue weighted by Gasteiger charge is -2.07. The summed E-state index contributed by atoms with van der Waals surface area (Å²) in [6.45, 7) is 2.65. The maximum Gasteiger partial charge on any atom is 0.134 e. The van der Waals surface area contributed by atoms with E-state index >= 15 is 0 Å². The van der Waals surface area contributed by atoms with Crippen LogP contribution in [0.2, 0.25) is 0 Å². The highest BCUT2D eigenvalue weighted by Crippen LogP contribution is 2.19. The van der Waals surface area contributed by atoms with Crippen molar-refractivity contribution >= 4 is 6.08 Å². The van der Waals surface area contributed by atoms with E-state index in [1.807, 2.05) is 42.5 Å². The molecular weight excluding hydrogens is 287 g/mol. The first-order valence-corrected chi connectivity index (χ1v) is 8.42. The molecule has 0 aliphatic heterocycles. The fourth-order valence-corrected chi connectivity index (χ4v) is 2.37. The number of unbranched alkanes of at least 4 members (excludes halogenated alkanes) is 4. The van der Waals surface area contributed by atoms with Crippen LogP contribution in [-0.4, -0.2) is 0 Å². The van der Waals surface area contributed by atoms with Gasteiger partial charge >= 0.3 is 0 Å². The molecule has 2 rings (SSSR count). The van der Waals surface area contributed by atoms with Gasteiger partial charge in [-0.2, -0.15) is 0 Å². The quantitative estimate of drug-likeness (QED) is 0.488. The molecule has 0 amide bonds. The van der Waals surface area contributed by atoms with E-state index in [1.54, 1.807) is 6.07 Å². The lowest BCUT2D eigenvalue weighted by Crippen LogP contribution is -1.95. The van der Waals surface area contributed by atoms with Gasteiger partial charge in [-0.3, -0.25) is 0 Å². The fourth-order valence-electron chi connectivity index (χ4n) is 2.37. The molecule has 0 aliphatic carbocycles. The van der Waals surface area contributed by atoms with Crippen LogP contribution in [0.5, 0.6) is 5.75 Å². The second-order valence-corrected chi connectivity index (χ2v) is 5.71. The molecule has 2 aromatic carbocycles. The minimum Gasteiger partial charge on any atom is -0.489 e. The molecule has 0 fully saturated rings. The molecule has 0 saturated carbocycles. The first-order chi connectivity index (χ1) is 11.3. The van der Waals surface area contributed by atoms with E-state index in [2.05, 4.69) is 13.0 Å². The lowest BCUT2D eigenvalue weighted by molar-refractivity contribution is 0.304. The van der Waals surface area contributed by atoms with Gasteiger partial charge in [0.15, 0.2) is 0 Å². The van der Waals surface area contributed by atoms with Gasteiger partial charge in [-0.25, -0.2) is 4.39 Å². The molecule has 0 unspecified atom stereocenters. The van der Waals surface area contributed by atoms with Gasteiger partial charge in [-0.15, -0.1) is 0 Å². The molecular formula is C21H25FO. The van der Waals surface area contributed by atoms with E-state index in [0.29, 0.717) is 17.9 Å². The SMILES string of the molecule is CCCCCC/C=C/c1ccc(OCc2ccccc2)cc1F. The summed E-state index contributed by atoms with van der Waals surface area (Å²) in [5.74, 6) is 0.326. The summed E-state index contributed by atoms with van der Waals surface area (Å²) < 4.78 is 19.7. The maximum absolute atomic E-state index is 14.1. The van der Waals surface area contributed by atoms with Crippen molar-refractivity contribution < 1.29 is 9.13 Å². The molecule has 2 aromatic rings. The Bertz CT molecular complexity index is 604. The fraction of sp³-hybridized carbons (Fsp3) is 0.333. The number of ether oxygens (including phenoxy) is 1. The summed E-state index contributed by atoms with van der Waals surface area (Å²) in [6.07, 6.45) is 9.85. The molecule has 0 heterocycles. The lowest BCUT2D eigenvalue weighted by atomic mass is 10.1. The molecule has 122 valence electrons. The Balaban J connectivity index is 1.84. The predicted octanol–water partition coefficient (Wildman–Crippen LogP) is 6.39. The standard InChI is InChI=1S/C21H25FO/c1-2-3-4-5-6-10-13-19-14-15-20(16-21(19)22)23-17-18-11-8-7-9-12-18/h7-16H,2-6,17H2,1H3/b13-10+. The normalized spacial score (nSPS) is 11.0. The maximum atomic E-state index is 14.1. The molecule has 0 aliphatic rings. The average Bonchev–Trinajstić information content (AvgIpc) is 2.58. The molecule has 0 atom stereocenters. The van der Waals surface area contributed by atoms with Crippen LogP contribution >= 0.6 is 0 Å². The number of benzene rings is 2. The molecule has 0 saturated heterocycles. The summed E-state index contributed by atoms with van der Waals surface area (Å²) in [5.41, 5.74) is 1.69. The summed E-state index contributed by atoms with van der Waals surface area (Å²) in [6, 6.07) is 14.9. The van der Waals surface area contributed by atoms with E-state index in [-0.39, 0.29) is 5.82 Å². The van der Waals surface area contributed by atoms with Crippen molar-refractivity contribution in [3.8, 4) is 5.75 Å². The zero-order valence-electron chi connectivity index (χ0n) is 13.8. The molecule has 0 radical (unpaired) electrons. The van der Waals surface area contributed by atoms with Crippen LogP contribution in [-0.2, 0) is 6.61 Å². The van der Waals surface area contributed by atoms with Crippen LogP contribution in [0.1, 0.15) is 50.2 Å². The molecule has 0 bridgehead atoms. The Morgan fingerprint density at radius 3 is 2.57 bits per heavy atom. The van der Waals surface area contributed by atoms with Crippen LogP contribution in [0.3, 0.4) is 0 Å².